The average Bonchev–Trinajstić information content (AvgIpc) is 3.32. The van der Waals surface area contributed by atoms with Crippen LogP contribution in [0.25, 0.3) is 0 Å². The third kappa shape index (κ3) is 2.56. The van der Waals surface area contributed by atoms with E-state index in [1.54, 1.807) is 29.2 Å². The Morgan fingerprint density at radius 3 is 2.18 bits per heavy atom. The monoisotopic (exact) mass is 302 g/mol. The van der Waals surface area contributed by atoms with Gasteiger partial charge in [-0.2, -0.15) is 0 Å². The van der Waals surface area contributed by atoms with Crippen molar-refractivity contribution in [3.63, 3.8) is 0 Å². The van der Waals surface area contributed by atoms with Gasteiger partial charge in [0.15, 0.2) is 0 Å². The second kappa shape index (κ2) is 5.63. The molecule has 0 saturated heterocycles. The van der Waals surface area contributed by atoms with E-state index in [0.717, 1.165) is 31.4 Å². The summed E-state index contributed by atoms with van der Waals surface area (Å²) < 4.78 is 0. The van der Waals surface area contributed by atoms with Crippen LogP contribution in [0.5, 0.6) is 5.75 Å². The molecule has 2 amide bonds. The number of aromatic hydroxyl groups is 1. The molecule has 2 aliphatic carbocycles. The number of nitrogens with two attached hydrogens (primary N) is 1. The van der Waals surface area contributed by atoms with Crippen LogP contribution < -0.4 is 10.6 Å². The van der Waals surface area contributed by atoms with Crippen LogP contribution in [0.15, 0.2) is 24.3 Å². The van der Waals surface area contributed by atoms with Crippen molar-refractivity contribution in [3.8, 4) is 5.75 Å². The van der Waals surface area contributed by atoms with E-state index >= 15 is 0 Å². The zero-order valence-electron chi connectivity index (χ0n) is 12.6. The minimum absolute atomic E-state index is 0.114. The summed E-state index contributed by atoms with van der Waals surface area (Å²) in [5.41, 5.74) is 5.21. The summed E-state index contributed by atoms with van der Waals surface area (Å²) in [6.45, 7) is 0. The normalized spacial score (nSPS) is 20.4. The van der Waals surface area contributed by atoms with Gasteiger partial charge in [0.2, 0.25) is 11.8 Å². The lowest BCUT2D eigenvalue weighted by Gasteiger charge is -2.36. The number of carbonyl (C=O) groups excluding carboxylic acids is 2. The van der Waals surface area contributed by atoms with Crippen molar-refractivity contribution in [2.75, 3.05) is 4.90 Å². The molecule has 0 atom stereocenters. The molecule has 0 aromatic heterocycles. The Hall–Kier alpha value is -2.04. The number of benzene rings is 1. The van der Waals surface area contributed by atoms with E-state index in [9.17, 15) is 14.7 Å². The fraction of sp³-hybridized carbons (Fsp3) is 0.529. The Balaban J connectivity index is 1.93. The lowest BCUT2D eigenvalue weighted by Crippen LogP contribution is -2.49. The van der Waals surface area contributed by atoms with Gasteiger partial charge in [0.05, 0.1) is 0 Å². The molecule has 1 aromatic rings. The molecule has 5 heteroatoms. The maximum atomic E-state index is 13.0. The van der Waals surface area contributed by atoms with Gasteiger partial charge in [-0.15, -0.1) is 0 Å². The third-order valence-corrected chi connectivity index (χ3v) is 4.92. The Bertz CT molecular complexity index is 572. The Morgan fingerprint density at radius 2 is 1.68 bits per heavy atom. The molecular formula is C17H22N2O3. The summed E-state index contributed by atoms with van der Waals surface area (Å²) in [6.07, 6.45) is 6.36. The summed E-state index contributed by atoms with van der Waals surface area (Å²) >= 11 is 0. The first kappa shape index (κ1) is 14.9. The number of rotatable bonds is 4. The van der Waals surface area contributed by atoms with Gasteiger partial charge in [-0.25, -0.2) is 0 Å². The zero-order valence-corrected chi connectivity index (χ0v) is 12.6. The minimum Gasteiger partial charge on any atom is -0.508 e. The van der Waals surface area contributed by atoms with Gasteiger partial charge in [0.1, 0.15) is 11.2 Å². The largest absolute Gasteiger partial charge is 0.508 e. The standard InChI is InChI=1S/C17H22N2O3/c18-15(21)17(10-11-17)16(22)19(12-4-2-1-3-5-12)13-6-8-14(20)9-7-13/h6-9,12,20H,1-5,10-11H2,(H2,18,21). The van der Waals surface area contributed by atoms with Crippen molar-refractivity contribution < 1.29 is 14.7 Å². The van der Waals surface area contributed by atoms with E-state index in [1.165, 1.54) is 6.42 Å². The molecule has 5 nitrogen and oxygen atoms in total. The maximum absolute atomic E-state index is 13.0. The van der Waals surface area contributed by atoms with Gasteiger partial charge in [-0.3, -0.25) is 9.59 Å². The summed E-state index contributed by atoms with van der Waals surface area (Å²) in [7, 11) is 0. The second-order valence-corrected chi connectivity index (χ2v) is 6.43. The average molecular weight is 302 g/mol. The lowest BCUT2D eigenvalue weighted by molar-refractivity contribution is -0.134. The highest BCUT2D eigenvalue weighted by Gasteiger charge is 2.57. The smallest absolute Gasteiger partial charge is 0.242 e. The van der Waals surface area contributed by atoms with E-state index in [0.29, 0.717) is 12.8 Å². The van der Waals surface area contributed by atoms with Gasteiger partial charge in [0.25, 0.3) is 0 Å². The van der Waals surface area contributed by atoms with Gasteiger partial charge in [0, 0.05) is 11.7 Å². The van der Waals surface area contributed by atoms with Gasteiger partial charge in [-0.05, 0) is 49.9 Å². The van der Waals surface area contributed by atoms with Crippen LogP contribution in [0.4, 0.5) is 5.69 Å². The predicted octanol–water partition coefficient (Wildman–Crippen LogP) is 2.32. The number of phenols is 1. The van der Waals surface area contributed by atoms with Gasteiger partial charge in [-0.1, -0.05) is 19.3 Å². The highest BCUT2D eigenvalue weighted by molar-refractivity contribution is 6.13. The number of phenolic OH excluding ortho intramolecular Hbond substituents is 1. The van der Waals surface area contributed by atoms with Crippen LogP contribution in [-0.4, -0.2) is 23.0 Å². The number of primary amides is 1. The van der Waals surface area contributed by atoms with Crippen LogP contribution in [0.2, 0.25) is 0 Å². The second-order valence-electron chi connectivity index (χ2n) is 6.43. The van der Waals surface area contributed by atoms with Crippen molar-refractivity contribution >= 4 is 17.5 Å². The third-order valence-electron chi connectivity index (χ3n) is 4.92. The molecule has 0 spiro atoms. The number of anilines is 1. The number of hydrogen-bond acceptors (Lipinski definition) is 3. The van der Waals surface area contributed by atoms with Gasteiger partial charge >= 0.3 is 0 Å². The van der Waals surface area contributed by atoms with Crippen LogP contribution in [0.3, 0.4) is 0 Å². The van der Waals surface area contributed by atoms with Crippen molar-refractivity contribution in [1.82, 2.24) is 0 Å². The number of amides is 2. The number of nitrogens with zero attached hydrogens (tertiary/aromatic N) is 1. The SMILES string of the molecule is NC(=O)C1(C(=O)N(c2ccc(O)cc2)C2CCCCC2)CC1. The number of hydrogen-bond donors (Lipinski definition) is 2. The molecule has 0 aliphatic heterocycles. The Kier molecular flexibility index (Phi) is 3.81. The van der Waals surface area contributed by atoms with Crippen LogP contribution >= 0.6 is 0 Å². The predicted molar refractivity (Wildman–Crippen MR) is 83.3 cm³/mol. The molecule has 118 valence electrons. The molecule has 0 bridgehead atoms. The van der Waals surface area contributed by atoms with E-state index in [1.807, 2.05) is 0 Å². The molecule has 0 unspecified atom stereocenters. The van der Waals surface area contributed by atoms with Gasteiger partial charge < -0.3 is 15.7 Å². The molecule has 3 N–H and O–H groups in total. The first-order chi connectivity index (χ1) is 10.5. The highest BCUT2D eigenvalue weighted by Crippen LogP contribution is 2.48. The lowest BCUT2D eigenvalue weighted by atomic mass is 9.92. The zero-order chi connectivity index (χ0) is 15.7. The Labute approximate surface area is 130 Å². The highest BCUT2D eigenvalue weighted by atomic mass is 16.3. The molecule has 22 heavy (non-hydrogen) atoms. The molecule has 2 saturated carbocycles. The minimum atomic E-state index is -1.00. The molecule has 2 fully saturated rings. The van der Waals surface area contributed by atoms with E-state index < -0.39 is 11.3 Å². The van der Waals surface area contributed by atoms with Crippen LogP contribution in [-0.2, 0) is 9.59 Å². The summed E-state index contributed by atoms with van der Waals surface area (Å²) in [5.74, 6) is -0.523. The first-order valence-electron chi connectivity index (χ1n) is 7.97. The van der Waals surface area contributed by atoms with E-state index in [-0.39, 0.29) is 17.7 Å². The summed E-state index contributed by atoms with van der Waals surface area (Å²) in [5, 5.41) is 9.47. The summed E-state index contributed by atoms with van der Waals surface area (Å²) in [4.78, 5) is 26.5. The number of carbonyl (C=O) groups is 2. The molecule has 0 radical (unpaired) electrons. The van der Waals surface area contributed by atoms with Crippen LogP contribution in [0.1, 0.15) is 44.9 Å². The van der Waals surface area contributed by atoms with Crippen molar-refractivity contribution in [2.45, 2.75) is 51.0 Å². The first-order valence-corrected chi connectivity index (χ1v) is 7.97. The van der Waals surface area contributed by atoms with E-state index in [4.69, 9.17) is 5.73 Å². The molecule has 0 heterocycles. The molecule has 2 aliphatic rings. The maximum Gasteiger partial charge on any atom is 0.242 e. The topological polar surface area (TPSA) is 83.6 Å². The fourth-order valence-electron chi connectivity index (χ4n) is 3.37. The fourth-order valence-corrected chi connectivity index (χ4v) is 3.37. The van der Waals surface area contributed by atoms with Crippen molar-refractivity contribution in [1.29, 1.82) is 0 Å². The molecular weight excluding hydrogens is 280 g/mol. The molecule has 1 aromatic carbocycles. The quantitative estimate of drug-likeness (QED) is 0.837. The van der Waals surface area contributed by atoms with Crippen LogP contribution in [0, 0.1) is 5.41 Å². The Morgan fingerprint density at radius 1 is 1.09 bits per heavy atom. The summed E-state index contributed by atoms with van der Waals surface area (Å²) in [6, 6.07) is 6.73. The van der Waals surface area contributed by atoms with Crippen molar-refractivity contribution in [3.05, 3.63) is 24.3 Å². The van der Waals surface area contributed by atoms with E-state index in [2.05, 4.69) is 0 Å². The van der Waals surface area contributed by atoms with Crippen molar-refractivity contribution in [2.24, 2.45) is 11.1 Å². The molecule has 3 rings (SSSR count).